The first-order chi connectivity index (χ1) is 8.75. The Kier molecular flexibility index (Phi) is 2.89. The summed E-state index contributed by atoms with van der Waals surface area (Å²) in [6.45, 7) is 0. The molecule has 0 bridgehead atoms. The summed E-state index contributed by atoms with van der Waals surface area (Å²) in [7, 11) is -1.46. The topological polar surface area (TPSA) is 71.2 Å². The number of hydrogen-bond acceptors (Lipinski definition) is 4. The summed E-state index contributed by atoms with van der Waals surface area (Å²) in [5.41, 5.74) is 2.92. The van der Waals surface area contributed by atoms with Crippen LogP contribution in [0.2, 0.25) is 0 Å². The lowest BCUT2D eigenvalue weighted by atomic mass is 9.83. The van der Waals surface area contributed by atoms with Crippen molar-refractivity contribution >= 4 is 12.6 Å². The lowest BCUT2D eigenvalue weighted by Crippen LogP contribution is -2.28. The molecular formula is C12H14BN3O2. The molecule has 3 rings (SSSR count). The van der Waals surface area contributed by atoms with Gasteiger partial charge in [0.05, 0.1) is 6.04 Å². The molecule has 0 aliphatic heterocycles. The van der Waals surface area contributed by atoms with Crippen molar-refractivity contribution in [2.75, 3.05) is 0 Å². The molecule has 2 N–H and O–H groups in total. The lowest BCUT2D eigenvalue weighted by Gasteiger charge is -2.25. The van der Waals surface area contributed by atoms with E-state index in [1.807, 2.05) is 18.5 Å². The van der Waals surface area contributed by atoms with Crippen molar-refractivity contribution in [1.29, 1.82) is 0 Å². The van der Waals surface area contributed by atoms with E-state index in [2.05, 4.69) is 10.1 Å². The number of rotatable bonds is 2. The van der Waals surface area contributed by atoms with Crippen molar-refractivity contribution in [2.24, 2.45) is 0 Å². The molecule has 1 atom stereocenters. The van der Waals surface area contributed by atoms with Crippen LogP contribution < -0.4 is 5.46 Å². The second-order valence-electron chi connectivity index (χ2n) is 4.61. The predicted molar refractivity (Wildman–Crippen MR) is 67.4 cm³/mol. The van der Waals surface area contributed by atoms with E-state index in [1.165, 1.54) is 17.3 Å². The van der Waals surface area contributed by atoms with Gasteiger partial charge in [0.25, 0.3) is 0 Å². The van der Waals surface area contributed by atoms with Crippen molar-refractivity contribution in [3.8, 4) is 0 Å². The van der Waals surface area contributed by atoms with Gasteiger partial charge in [0.2, 0.25) is 0 Å². The van der Waals surface area contributed by atoms with Crippen LogP contribution in [0.5, 0.6) is 0 Å². The van der Waals surface area contributed by atoms with Gasteiger partial charge in [0.1, 0.15) is 0 Å². The summed E-state index contributed by atoms with van der Waals surface area (Å²) < 4.78 is 1.80. The molecule has 0 aromatic carbocycles. The third-order valence-electron chi connectivity index (χ3n) is 3.47. The fourth-order valence-electron chi connectivity index (χ4n) is 2.54. The Bertz CT molecular complexity index is 556. The summed E-state index contributed by atoms with van der Waals surface area (Å²) in [6.07, 6.45) is 10.1. The highest BCUT2D eigenvalue weighted by Gasteiger charge is 2.23. The van der Waals surface area contributed by atoms with E-state index in [4.69, 9.17) is 10.0 Å². The summed E-state index contributed by atoms with van der Waals surface area (Å²) in [6, 6.07) is 2.20. The number of nitrogens with zero attached hydrogens (tertiary/aromatic N) is 3. The Morgan fingerprint density at radius 1 is 1.33 bits per heavy atom. The van der Waals surface area contributed by atoms with Crippen molar-refractivity contribution < 1.29 is 10.0 Å². The summed E-state index contributed by atoms with van der Waals surface area (Å²) in [5, 5.41) is 22.5. The van der Waals surface area contributed by atoms with Crippen molar-refractivity contribution in [3.63, 3.8) is 0 Å². The molecular weight excluding hydrogens is 229 g/mol. The second kappa shape index (κ2) is 4.55. The lowest BCUT2D eigenvalue weighted by molar-refractivity contribution is 0.425. The molecule has 0 saturated heterocycles. The molecule has 18 heavy (non-hydrogen) atoms. The van der Waals surface area contributed by atoms with E-state index < -0.39 is 7.12 Å². The van der Waals surface area contributed by atoms with Crippen LogP contribution in [0.25, 0.3) is 0 Å². The molecule has 6 heteroatoms. The van der Waals surface area contributed by atoms with Gasteiger partial charge in [-0.05, 0) is 36.5 Å². The molecule has 0 spiro atoms. The van der Waals surface area contributed by atoms with Crippen LogP contribution in [0.1, 0.15) is 30.0 Å². The van der Waals surface area contributed by atoms with Crippen LogP contribution in [-0.4, -0.2) is 31.9 Å². The van der Waals surface area contributed by atoms with E-state index >= 15 is 0 Å². The van der Waals surface area contributed by atoms with Gasteiger partial charge in [0.15, 0.2) is 0 Å². The smallest absolute Gasteiger partial charge is 0.423 e. The maximum Gasteiger partial charge on any atom is 0.491 e. The Balaban J connectivity index is 1.97. The average molecular weight is 243 g/mol. The molecule has 1 aliphatic rings. The van der Waals surface area contributed by atoms with Crippen molar-refractivity contribution in [2.45, 2.75) is 25.3 Å². The van der Waals surface area contributed by atoms with Gasteiger partial charge in [-0.2, -0.15) is 5.10 Å². The standard InChI is InChI=1S/C12H14BN3O2/c17-13(18)10-6-15-16(8-10)12-3-1-2-9-4-5-14-7-11(9)12/h4-8,12,17-18H,1-3H2. The zero-order chi connectivity index (χ0) is 12.5. The van der Waals surface area contributed by atoms with Crippen LogP contribution in [0.15, 0.2) is 30.9 Å². The fourth-order valence-corrected chi connectivity index (χ4v) is 2.54. The van der Waals surface area contributed by atoms with Crippen LogP contribution in [-0.2, 0) is 6.42 Å². The Morgan fingerprint density at radius 2 is 2.22 bits per heavy atom. The van der Waals surface area contributed by atoms with Crippen LogP contribution >= 0.6 is 0 Å². The molecule has 0 saturated carbocycles. The van der Waals surface area contributed by atoms with Crippen LogP contribution in [0, 0.1) is 0 Å². The summed E-state index contributed by atoms with van der Waals surface area (Å²) >= 11 is 0. The Morgan fingerprint density at radius 3 is 3.00 bits per heavy atom. The SMILES string of the molecule is OB(O)c1cnn(C2CCCc3ccncc32)c1. The summed E-state index contributed by atoms with van der Waals surface area (Å²) in [5.74, 6) is 0. The van der Waals surface area contributed by atoms with Gasteiger partial charge in [-0.15, -0.1) is 0 Å². The second-order valence-corrected chi connectivity index (χ2v) is 4.61. The minimum Gasteiger partial charge on any atom is -0.423 e. The first-order valence-electron chi connectivity index (χ1n) is 6.08. The number of fused-ring (bicyclic) bond motifs is 1. The van der Waals surface area contributed by atoms with Gasteiger partial charge >= 0.3 is 7.12 Å². The minimum absolute atomic E-state index is 0.148. The number of aryl methyl sites for hydroxylation is 1. The first kappa shape index (κ1) is 11.4. The highest BCUT2D eigenvalue weighted by atomic mass is 16.4. The molecule has 1 unspecified atom stereocenters. The highest BCUT2D eigenvalue weighted by molar-refractivity contribution is 6.58. The van der Waals surface area contributed by atoms with E-state index in [-0.39, 0.29) is 6.04 Å². The highest BCUT2D eigenvalue weighted by Crippen LogP contribution is 2.31. The number of hydrogen-bond donors (Lipinski definition) is 2. The van der Waals surface area contributed by atoms with Gasteiger partial charge in [-0.1, -0.05) is 0 Å². The molecule has 2 aromatic heterocycles. The van der Waals surface area contributed by atoms with Gasteiger partial charge < -0.3 is 10.0 Å². The average Bonchev–Trinajstić information content (AvgIpc) is 2.87. The van der Waals surface area contributed by atoms with E-state index in [1.54, 1.807) is 10.9 Å². The van der Waals surface area contributed by atoms with Crippen molar-refractivity contribution in [3.05, 3.63) is 42.0 Å². The third kappa shape index (κ3) is 1.93. The van der Waals surface area contributed by atoms with Gasteiger partial charge in [-0.25, -0.2) is 0 Å². The molecule has 1 aliphatic carbocycles. The maximum absolute atomic E-state index is 9.12. The van der Waals surface area contributed by atoms with Gasteiger partial charge in [-0.3, -0.25) is 9.67 Å². The van der Waals surface area contributed by atoms with E-state index in [0.717, 1.165) is 19.3 Å². The molecule has 0 amide bonds. The molecule has 0 fully saturated rings. The monoisotopic (exact) mass is 243 g/mol. The zero-order valence-electron chi connectivity index (χ0n) is 9.90. The molecule has 2 heterocycles. The fraction of sp³-hybridized carbons (Fsp3) is 0.333. The molecule has 2 aromatic rings. The van der Waals surface area contributed by atoms with Crippen LogP contribution in [0.4, 0.5) is 0 Å². The van der Waals surface area contributed by atoms with Crippen molar-refractivity contribution in [1.82, 2.24) is 14.8 Å². The molecule has 5 nitrogen and oxygen atoms in total. The zero-order valence-corrected chi connectivity index (χ0v) is 9.90. The Labute approximate surface area is 105 Å². The number of pyridine rings is 1. The van der Waals surface area contributed by atoms with E-state index in [0.29, 0.717) is 5.46 Å². The Hall–Kier alpha value is -1.66. The van der Waals surface area contributed by atoms with Gasteiger partial charge in [0, 0.05) is 30.3 Å². The third-order valence-corrected chi connectivity index (χ3v) is 3.47. The maximum atomic E-state index is 9.12. The first-order valence-corrected chi connectivity index (χ1v) is 6.08. The van der Waals surface area contributed by atoms with Crippen LogP contribution in [0.3, 0.4) is 0 Å². The normalized spacial score (nSPS) is 18.4. The largest absolute Gasteiger partial charge is 0.491 e. The summed E-state index contributed by atoms with van der Waals surface area (Å²) in [4.78, 5) is 4.18. The molecule has 0 radical (unpaired) electrons. The predicted octanol–water partition coefficient (Wildman–Crippen LogP) is -0.116. The molecule has 92 valence electrons. The quantitative estimate of drug-likeness (QED) is 0.721. The number of aromatic nitrogens is 3. The minimum atomic E-state index is -1.46. The van der Waals surface area contributed by atoms with E-state index in [9.17, 15) is 0 Å².